The number of quaternary nitrogens is 1. The van der Waals surface area contributed by atoms with Crippen molar-refractivity contribution in [2.24, 2.45) is 0 Å². The summed E-state index contributed by atoms with van der Waals surface area (Å²) in [5.74, 6) is -0.247. The zero-order valence-electron chi connectivity index (χ0n) is 12.8. The van der Waals surface area contributed by atoms with E-state index in [0.717, 1.165) is 12.8 Å². The van der Waals surface area contributed by atoms with Crippen LogP contribution in [0.4, 0.5) is 0 Å². The van der Waals surface area contributed by atoms with E-state index in [2.05, 4.69) is 6.92 Å². The number of unbranched alkanes of at least 4 members (excludes halogenated alkanes) is 12. The molecule has 0 aromatic carbocycles. The van der Waals surface area contributed by atoms with Gasteiger partial charge < -0.3 is 10.7 Å². The number of hydrogen-bond acceptors (Lipinski definition) is 2. The molecule has 3 heteroatoms. The van der Waals surface area contributed by atoms with Gasteiger partial charge in [-0.15, -0.1) is 0 Å². The first kappa shape index (κ1) is 18.6. The van der Waals surface area contributed by atoms with E-state index >= 15 is 0 Å². The minimum Gasteiger partial charge on any atom is -0.628 e. The standard InChI is InChI=1S/C16H33NO2/c1-2-3-4-5-6-7-8-9-10-11-12-13-14-15-16(18)17-19/h2-15,17H2,1H3. The normalized spacial score (nSPS) is 10.8. The lowest BCUT2D eigenvalue weighted by Crippen LogP contribution is -2.81. The molecule has 1 amide bonds. The van der Waals surface area contributed by atoms with Crippen molar-refractivity contribution >= 4 is 5.91 Å². The van der Waals surface area contributed by atoms with Crippen molar-refractivity contribution in [3.8, 4) is 0 Å². The number of rotatable bonds is 14. The van der Waals surface area contributed by atoms with Gasteiger partial charge in [0.15, 0.2) is 0 Å². The largest absolute Gasteiger partial charge is 0.628 e. The van der Waals surface area contributed by atoms with Gasteiger partial charge in [0, 0.05) is 0 Å². The second-order valence-corrected chi connectivity index (χ2v) is 5.58. The molecule has 19 heavy (non-hydrogen) atoms. The van der Waals surface area contributed by atoms with Gasteiger partial charge in [0.1, 0.15) is 0 Å². The number of primary amides is 1. The Bertz CT molecular complexity index is 195. The minimum atomic E-state index is -0.247. The monoisotopic (exact) mass is 271 g/mol. The summed E-state index contributed by atoms with van der Waals surface area (Å²) in [7, 11) is 0. The Balaban J connectivity index is 2.97. The summed E-state index contributed by atoms with van der Waals surface area (Å²) in [5.41, 5.74) is 0.445. The minimum absolute atomic E-state index is 0.247. The Hall–Kier alpha value is -0.410. The van der Waals surface area contributed by atoms with Gasteiger partial charge in [-0.2, -0.15) is 0 Å². The van der Waals surface area contributed by atoms with Crippen LogP contribution in [0.1, 0.15) is 96.8 Å². The molecule has 0 saturated heterocycles. The molecule has 0 aliphatic carbocycles. The van der Waals surface area contributed by atoms with Gasteiger partial charge in [0.2, 0.25) is 0 Å². The fraction of sp³-hybridized carbons (Fsp3) is 0.938. The lowest BCUT2D eigenvalue weighted by molar-refractivity contribution is -0.500. The van der Waals surface area contributed by atoms with Gasteiger partial charge in [-0.25, -0.2) is 4.79 Å². The second-order valence-electron chi connectivity index (χ2n) is 5.58. The van der Waals surface area contributed by atoms with Crippen LogP contribution in [0.2, 0.25) is 0 Å². The number of carbonyl (C=O) groups is 1. The van der Waals surface area contributed by atoms with E-state index < -0.39 is 0 Å². The van der Waals surface area contributed by atoms with Gasteiger partial charge in [-0.3, -0.25) is 0 Å². The molecule has 2 N–H and O–H groups in total. The van der Waals surface area contributed by atoms with E-state index in [1.54, 1.807) is 0 Å². The molecule has 0 radical (unpaired) electrons. The van der Waals surface area contributed by atoms with Gasteiger partial charge in [-0.05, 0) is 6.42 Å². The first-order chi connectivity index (χ1) is 9.31. The molecule has 114 valence electrons. The Morgan fingerprint density at radius 2 is 1.11 bits per heavy atom. The predicted molar refractivity (Wildman–Crippen MR) is 80.6 cm³/mol. The summed E-state index contributed by atoms with van der Waals surface area (Å²) in [6, 6.07) is 0. The molecule has 0 saturated carbocycles. The number of nitrogens with two attached hydrogens (primary N) is 1. The maximum Gasteiger partial charge on any atom is 0.310 e. The van der Waals surface area contributed by atoms with Crippen LogP contribution in [0.3, 0.4) is 0 Å². The molecule has 3 nitrogen and oxygen atoms in total. The summed E-state index contributed by atoms with van der Waals surface area (Å²) in [6.07, 6.45) is 17.4. The van der Waals surface area contributed by atoms with Crippen LogP contribution >= 0.6 is 0 Å². The molecule has 0 unspecified atom stereocenters. The van der Waals surface area contributed by atoms with Gasteiger partial charge >= 0.3 is 5.91 Å². The first-order valence-electron chi connectivity index (χ1n) is 8.29. The van der Waals surface area contributed by atoms with Crippen LogP contribution in [0, 0.1) is 5.21 Å². The van der Waals surface area contributed by atoms with Crippen LogP contribution in [0.15, 0.2) is 0 Å². The van der Waals surface area contributed by atoms with Crippen molar-refractivity contribution in [3.05, 3.63) is 5.21 Å². The Morgan fingerprint density at radius 3 is 1.47 bits per heavy atom. The molecule has 0 fully saturated rings. The van der Waals surface area contributed by atoms with Crippen molar-refractivity contribution in [3.63, 3.8) is 0 Å². The molecule has 0 rings (SSSR count). The highest BCUT2D eigenvalue weighted by atomic mass is 16.5. The number of hydroxylamine groups is 1. The zero-order chi connectivity index (χ0) is 14.2. The lowest BCUT2D eigenvalue weighted by Gasteiger charge is -2.03. The van der Waals surface area contributed by atoms with E-state index in [1.807, 2.05) is 0 Å². The van der Waals surface area contributed by atoms with Gasteiger partial charge in [0.05, 0.1) is 6.42 Å². The van der Waals surface area contributed by atoms with Crippen LogP contribution in [-0.4, -0.2) is 5.91 Å². The molecular weight excluding hydrogens is 238 g/mol. The molecule has 0 heterocycles. The summed E-state index contributed by atoms with van der Waals surface area (Å²) in [5, 5.41) is 10.1. The third-order valence-electron chi connectivity index (χ3n) is 3.66. The van der Waals surface area contributed by atoms with Crippen LogP contribution in [-0.2, 0) is 4.79 Å². The van der Waals surface area contributed by atoms with E-state index in [9.17, 15) is 10.0 Å². The molecule has 0 aliphatic rings. The van der Waals surface area contributed by atoms with Crippen molar-refractivity contribution in [1.82, 2.24) is 0 Å². The maximum absolute atomic E-state index is 10.7. The van der Waals surface area contributed by atoms with Crippen LogP contribution < -0.4 is 5.48 Å². The maximum atomic E-state index is 10.7. The topological polar surface area (TPSA) is 56.7 Å². The molecule has 0 bridgehead atoms. The predicted octanol–water partition coefficient (Wildman–Crippen LogP) is 4.06. The van der Waals surface area contributed by atoms with E-state index in [4.69, 9.17) is 0 Å². The second kappa shape index (κ2) is 15.6. The van der Waals surface area contributed by atoms with Crippen molar-refractivity contribution in [2.45, 2.75) is 96.8 Å². The van der Waals surface area contributed by atoms with Crippen molar-refractivity contribution in [2.75, 3.05) is 0 Å². The molecule has 0 aromatic heterocycles. The fourth-order valence-electron chi connectivity index (χ4n) is 2.38. The summed E-state index contributed by atoms with van der Waals surface area (Å²) >= 11 is 0. The fourth-order valence-corrected chi connectivity index (χ4v) is 2.38. The first-order valence-corrected chi connectivity index (χ1v) is 8.29. The third kappa shape index (κ3) is 15.5. The highest BCUT2D eigenvalue weighted by Gasteiger charge is 1.99. The smallest absolute Gasteiger partial charge is 0.310 e. The highest BCUT2D eigenvalue weighted by Crippen LogP contribution is 2.12. The van der Waals surface area contributed by atoms with Crippen LogP contribution in [0.5, 0.6) is 0 Å². The van der Waals surface area contributed by atoms with Crippen LogP contribution in [0.25, 0.3) is 0 Å². The SMILES string of the molecule is CCCCCCCCCCCCCCCC(=O)[NH2+][O-]. The molecule has 0 aromatic rings. The van der Waals surface area contributed by atoms with E-state index in [-0.39, 0.29) is 5.91 Å². The summed E-state index contributed by atoms with van der Waals surface area (Å²) in [4.78, 5) is 10.7. The quantitative estimate of drug-likeness (QED) is 0.382. The summed E-state index contributed by atoms with van der Waals surface area (Å²) < 4.78 is 0. The number of hydrogen-bond donors (Lipinski definition) is 1. The van der Waals surface area contributed by atoms with E-state index in [0.29, 0.717) is 11.9 Å². The number of carbonyl (C=O) groups excluding carboxylic acids is 1. The molecular formula is C16H33NO2. The highest BCUT2D eigenvalue weighted by molar-refractivity contribution is 5.65. The molecule has 0 spiro atoms. The Labute approximate surface area is 119 Å². The molecule has 0 aliphatic heterocycles. The average molecular weight is 271 g/mol. The van der Waals surface area contributed by atoms with E-state index in [1.165, 1.54) is 70.6 Å². The lowest BCUT2D eigenvalue weighted by atomic mass is 10.0. The Kier molecular flexibility index (Phi) is 15.3. The third-order valence-corrected chi connectivity index (χ3v) is 3.66. The van der Waals surface area contributed by atoms with Crippen molar-refractivity contribution < 1.29 is 10.3 Å². The van der Waals surface area contributed by atoms with Gasteiger partial charge in [0.25, 0.3) is 0 Å². The van der Waals surface area contributed by atoms with Crippen molar-refractivity contribution in [1.29, 1.82) is 0 Å². The molecule has 0 atom stereocenters. The zero-order valence-corrected chi connectivity index (χ0v) is 12.8. The summed E-state index contributed by atoms with van der Waals surface area (Å²) in [6.45, 7) is 2.26. The Morgan fingerprint density at radius 1 is 0.737 bits per heavy atom. The number of amides is 1. The average Bonchev–Trinajstić information content (AvgIpc) is 2.43. The van der Waals surface area contributed by atoms with Gasteiger partial charge in [-0.1, -0.05) is 84.0 Å².